The first kappa shape index (κ1) is 7.94. The van der Waals surface area contributed by atoms with Crippen LogP contribution in [-0.4, -0.2) is 10.2 Å². The molecule has 1 unspecified atom stereocenters. The molecular weight excluding hydrogens is 164 g/mol. The monoisotopic (exact) mass is 170 g/mol. The normalized spacial score (nSPS) is 23.3. The Balaban J connectivity index is 3.22. The largest absolute Gasteiger partial charge is 0.356 e. The van der Waals surface area contributed by atoms with Gasteiger partial charge in [-0.25, -0.2) is 9.00 Å². The van der Waals surface area contributed by atoms with Gasteiger partial charge in [0.1, 0.15) is 0 Å². The van der Waals surface area contributed by atoms with Gasteiger partial charge in [0.25, 0.3) is 0 Å². The molecule has 1 rings (SSSR count). The molecule has 1 atom stereocenters. The van der Waals surface area contributed by atoms with Crippen molar-refractivity contribution in [2.75, 3.05) is 0 Å². The van der Waals surface area contributed by atoms with Crippen molar-refractivity contribution in [3.05, 3.63) is 35.8 Å². The molecule has 0 aromatic carbocycles. The summed E-state index contributed by atoms with van der Waals surface area (Å²) in [5, 5.41) is 0. The Labute approximate surface area is 66.7 Å². The zero-order valence-corrected chi connectivity index (χ0v) is 6.52. The van der Waals surface area contributed by atoms with Gasteiger partial charge in [0.2, 0.25) is 11.1 Å². The summed E-state index contributed by atoms with van der Waals surface area (Å²) in [5.41, 5.74) is 0.235. The quantitative estimate of drug-likeness (QED) is 0.616. The topological polar surface area (TPSA) is 43.4 Å². The Hall–Kier alpha value is -1.16. The highest BCUT2D eigenvalue weighted by atomic mass is 32.2. The molecule has 4 heteroatoms. The Morgan fingerprint density at radius 1 is 1.36 bits per heavy atom. The van der Waals surface area contributed by atoms with Gasteiger partial charge in [0, 0.05) is 0 Å². The lowest BCUT2D eigenvalue weighted by Crippen LogP contribution is -1.96. The Kier molecular flexibility index (Phi) is 2.05. The van der Waals surface area contributed by atoms with E-state index >= 15 is 0 Å². The zero-order chi connectivity index (χ0) is 8.43. The zero-order valence-electron chi connectivity index (χ0n) is 5.70. The minimum Gasteiger partial charge on any atom is -0.356 e. The number of hydrogen-bond acceptors (Lipinski definition) is 3. The molecule has 0 fully saturated rings. The first-order valence-electron chi connectivity index (χ1n) is 2.84. The SMILES string of the molecule is C=CC1=C(C=C)S(=O)OC1=O. The van der Waals surface area contributed by atoms with Gasteiger partial charge in [-0.2, -0.15) is 0 Å². The minimum absolute atomic E-state index is 0.235. The Bertz CT molecular complexity index is 260. The van der Waals surface area contributed by atoms with Gasteiger partial charge < -0.3 is 4.18 Å². The van der Waals surface area contributed by atoms with Gasteiger partial charge in [0.15, 0.2) is 0 Å². The Morgan fingerprint density at radius 3 is 2.36 bits per heavy atom. The third-order valence-corrected chi connectivity index (χ3v) is 2.25. The number of hydrogen-bond donors (Lipinski definition) is 0. The van der Waals surface area contributed by atoms with Gasteiger partial charge in [-0.1, -0.05) is 19.2 Å². The first-order chi connectivity index (χ1) is 5.20. The molecule has 0 aromatic heterocycles. The Morgan fingerprint density at radius 2 is 2.00 bits per heavy atom. The van der Waals surface area contributed by atoms with Crippen LogP contribution in [0, 0.1) is 0 Å². The molecule has 0 aliphatic carbocycles. The van der Waals surface area contributed by atoms with Crippen LogP contribution in [0.25, 0.3) is 0 Å². The highest BCUT2D eigenvalue weighted by Gasteiger charge is 2.27. The van der Waals surface area contributed by atoms with Crippen molar-refractivity contribution in [1.29, 1.82) is 0 Å². The molecule has 11 heavy (non-hydrogen) atoms. The van der Waals surface area contributed by atoms with Crippen LogP contribution >= 0.6 is 0 Å². The summed E-state index contributed by atoms with van der Waals surface area (Å²) < 4.78 is 15.3. The van der Waals surface area contributed by atoms with Crippen LogP contribution in [0.15, 0.2) is 35.8 Å². The lowest BCUT2D eigenvalue weighted by Gasteiger charge is -1.86. The van der Waals surface area contributed by atoms with E-state index in [4.69, 9.17) is 0 Å². The van der Waals surface area contributed by atoms with E-state index in [-0.39, 0.29) is 5.57 Å². The third kappa shape index (κ3) is 1.17. The molecule has 58 valence electrons. The van der Waals surface area contributed by atoms with Crippen LogP contribution in [0.4, 0.5) is 0 Å². The van der Waals surface area contributed by atoms with E-state index in [0.29, 0.717) is 4.91 Å². The molecule has 0 N–H and O–H groups in total. The van der Waals surface area contributed by atoms with Crippen molar-refractivity contribution >= 4 is 17.0 Å². The molecule has 3 nitrogen and oxygen atoms in total. The van der Waals surface area contributed by atoms with E-state index in [0.717, 1.165) is 0 Å². The predicted molar refractivity (Wildman–Crippen MR) is 41.7 cm³/mol. The molecular formula is C7H6O3S. The summed E-state index contributed by atoms with van der Waals surface area (Å²) in [4.78, 5) is 11.1. The van der Waals surface area contributed by atoms with E-state index in [9.17, 15) is 9.00 Å². The molecule has 0 amide bonds. The smallest absolute Gasteiger partial charge is 0.353 e. The summed E-state index contributed by atoms with van der Waals surface area (Å²) >= 11 is -1.68. The number of rotatable bonds is 2. The van der Waals surface area contributed by atoms with Crippen LogP contribution < -0.4 is 0 Å². The van der Waals surface area contributed by atoms with Crippen molar-refractivity contribution in [2.24, 2.45) is 0 Å². The van der Waals surface area contributed by atoms with Crippen LogP contribution in [0.1, 0.15) is 0 Å². The fourth-order valence-electron chi connectivity index (χ4n) is 0.711. The van der Waals surface area contributed by atoms with Crippen molar-refractivity contribution in [3.8, 4) is 0 Å². The van der Waals surface area contributed by atoms with Crippen LogP contribution in [0.2, 0.25) is 0 Å². The van der Waals surface area contributed by atoms with E-state index in [1.165, 1.54) is 12.2 Å². The predicted octanol–water partition coefficient (Wildman–Crippen LogP) is 0.833. The molecule has 1 heterocycles. The van der Waals surface area contributed by atoms with E-state index < -0.39 is 17.0 Å². The average molecular weight is 170 g/mol. The summed E-state index contributed by atoms with van der Waals surface area (Å²) in [7, 11) is 0. The van der Waals surface area contributed by atoms with Gasteiger partial charge in [0.05, 0.1) is 10.5 Å². The molecule has 0 saturated heterocycles. The van der Waals surface area contributed by atoms with E-state index in [1.54, 1.807) is 0 Å². The molecule has 0 radical (unpaired) electrons. The maximum Gasteiger partial charge on any atom is 0.353 e. The van der Waals surface area contributed by atoms with Crippen molar-refractivity contribution < 1.29 is 13.2 Å². The number of allylic oxidation sites excluding steroid dienone is 1. The molecule has 0 aromatic rings. The summed E-state index contributed by atoms with van der Waals surface area (Å²) in [6, 6.07) is 0. The maximum atomic E-state index is 10.9. The highest BCUT2D eigenvalue weighted by Crippen LogP contribution is 2.21. The summed E-state index contributed by atoms with van der Waals surface area (Å²) in [6.45, 7) is 6.78. The molecule has 0 saturated carbocycles. The van der Waals surface area contributed by atoms with Gasteiger partial charge in [-0.15, -0.1) is 0 Å². The average Bonchev–Trinajstić information content (AvgIpc) is 2.24. The van der Waals surface area contributed by atoms with Gasteiger partial charge in [-0.05, 0) is 6.08 Å². The molecule has 1 aliphatic heterocycles. The first-order valence-corrected chi connectivity index (χ1v) is 3.91. The van der Waals surface area contributed by atoms with E-state index in [1.807, 2.05) is 0 Å². The van der Waals surface area contributed by atoms with Crippen LogP contribution in [-0.2, 0) is 20.1 Å². The maximum absolute atomic E-state index is 10.9. The van der Waals surface area contributed by atoms with Gasteiger partial charge in [-0.3, -0.25) is 0 Å². The standard InChI is InChI=1S/C7H6O3S/c1-3-5-6(4-2)11(9)10-7(5)8/h3-4H,1-2H2. The third-order valence-electron chi connectivity index (χ3n) is 1.21. The second-order valence-electron chi connectivity index (χ2n) is 1.79. The van der Waals surface area contributed by atoms with Crippen LogP contribution in [0.3, 0.4) is 0 Å². The van der Waals surface area contributed by atoms with E-state index in [2.05, 4.69) is 17.3 Å². The second-order valence-corrected chi connectivity index (χ2v) is 2.87. The number of carbonyl (C=O) groups is 1. The van der Waals surface area contributed by atoms with Gasteiger partial charge >= 0.3 is 5.97 Å². The fourth-order valence-corrected chi connectivity index (χ4v) is 1.51. The minimum atomic E-state index is -1.68. The lowest BCUT2D eigenvalue weighted by molar-refractivity contribution is -0.128. The lowest BCUT2D eigenvalue weighted by atomic mass is 10.2. The molecule has 0 bridgehead atoms. The fraction of sp³-hybridized carbons (Fsp3) is 0. The molecule has 1 aliphatic rings. The van der Waals surface area contributed by atoms with Crippen LogP contribution in [0.5, 0.6) is 0 Å². The van der Waals surface area contributed by atoms with Crippen molar-refractivity contribution in [3.63, 3.8) is 0 Å². The second kappa shape index (κ2) is 2.84. The summed E-state index contributed by atoms with van der Waals surface area (Å²) in [6.07, 6.45) is 2.64. The highest BCUT2D eigenvalue weighted by molar-refractivity contribution is 7.85. The van der Waals surface area contributed by atoms with Crippen molar-refractivity contribution in [2.45, 2.75) is 0 Å². The molecule has 0 spiro atoms. The van der Waals surface area contributed by atoms with Crippen molar-refractivity contribution in [1.82, 2.24) is 0 Å². The number of carbonyl (C=O) groups excluding carboxylic acids is 1. The summed E-state index contributed by atoms with van der Waals surface area (Å²) in [5.74, 6) is -0.603.